The van der Waals surface area contributed by atoms with Crippen molar-refractivity contribution in [2.75, 3.05) is 26.2 Å². The van der Waals surface area contributed by atoms with E-state index in [-0.39, 0.29) is 0 Å². The van der Waals surface area contributed by atoms with Gasteiger partial charge in [0.2, 0.25) is 0 Å². The zero-order valence-corrected chi connectivity index (χ0v) is 13.8. The summed E-state index contributed by atoms with van der Waals surface area (Å²) in [6.45, 7) is 16.0. The number of benzene rings is 1. The fourth-order valence-electron chi connectivity index (χ4n) is 3.61. The zero-order valence-electron chi connectivity index (χ0n) is 13.8. The number of hydrogen-bond donors (Lipinski definition) is 1. The third-order valence-electron chi connectivity index (χ3n) is 4.36. The molecular weight excluding hydrogens is 244 g/mol. The number of hydrogen-bond acceptors (Lipinski definition) is 2. The second-order valence-electron chi connectivity index (χ2n) is 6.74. The number of rotatable bonds is 4. The van der Waals surface area contributed by atoms with Crippen LogP contribution >= 0.6 is 0 Å². The normalized spacial score (nSPS) is 18.5. The Bertz CT molecular complexity index is 422. The first-order chi connectivity index (χ1) is 9.49. The quantitative estimate of drug-likeness (QED) is 0.902. The fourth-order valence-corrected chi connectivity index (χ4v) is 3.61. The second-order valence-corrected chi connectivity index (χ2v) is 6.74. The summed E-state index contributed by atoms with van der Waals surface area (Å²) in [5.41, 5.74) is 5.89. The van der Waals surface area contributed by atoms with Gasteiger partial charge in [-0.15, -0.1) is 0 Å². The molecule has 1 aliphatic heterocycles. The van der Waals surface area contributed by atoms with Crippen LogP contribution in [0.2, 0.25) is 0 Å². The lowest BCUT2D eigenvalue weighted by Crippen LogP contribution is -2.45. The molecule has 2 heteroatoms. The smallest absolute Gasteiger partial charge is 0.0356 e. The van der Waals surface area contributed by atoms with Crippen molar-refractivity contribution in [3.05, 3.63) is 34.4 Å². The van der Waals surface area contributed by atoms with Crippen molar-refractivity contribution in [2.45, 2.75) is 47.1 Å². The minimum atomic E-state index is 0.581. The van der Waals surface area contributed by atoms with Crippen LogP contribution in [0.4, 0.5) is 0 Å². The van der Waals surface area contributed by atoms with Gasteiger partial charge in [0.1, 0.15) is 0 Å². The summed E-state index contributed by atoms with van der Waals surface area (Å²) >= 11 is 0. The minimum Gasteiger partial charge on any atom is -0.314 e. The van der Waals surface area contributed by atoms with Crippen LogP contribution in [0.3, 0.4) is 0 Å². The van der Waals surface area contributed by atoms with Crippen molar-refractivity contribution >= 4 is 0 Å². The zero-order chi connectivity index (χ0) is 14.7. The van der Waals surface area contributed by atoms with Gasteiger partial charge in [0, 0.05) is 32.2 Å². The Balaban J connectivity index is 2.35. The van der Waals surface area contributed by atoms with Gasteiger partial charge >= 0.3 is 0 Å². The lowest BCUT2D eigenvalue weighted by atomic mass is 9.88. The SMILES string of the molecule is Cc1cc(C)c(C(CC(C)C)N2CCNCC2)c(C)c1. The average Bonchev–Trinajstić information content (AvgIpc) is 2.37. The molecule has 1 N–H and O–H groups in total. The largest absolute Gasteiger partial charge is 0.314 e. The van der Waals surface area contributed by atoms with Crippen LogP contribution in [0.5, 0.6) is 0 Å². The molecule has 1 heterocycles. The van der Waals surface area contributed by atoms with Crippen LogP contribution in [-0.2, 0) is 0 Å². The van der Waals surface area contributed by atoms with E-state index in [1.807, 2.05) is 0 Å². The van der Waals surface area contributed by atoms with Crippen LogP contribution in [0.1, 0.15) is 48.6 Å². The topological polar surface area (TPSA) is 15.3 Å². The summed E-state index contributed by atoms with van der Waals surface area (Å²) in [6, 6.07) is 5.27. The van der Waals surface area contributed by atoms with Gasteiger partial charge in [-0.1, -0.05) is 31.5 Å². The van der Waals surface area contributed by atoms with E-state index >= 15 is 0 Å². The maximum absolute atomic E-state index is 3.47. The van der Waals surface area contributed by atoms with E-state index in [1.54, 1.807) is 5.56 Å². The third-order valence-corrected chi connectivity index (χ3v) is 4.36. The molecule has 0 bridgehead atoms. The number of nitrogens with one attached hydrogen (secondary N) is 1. The van der Waals surface area contributed by atoms with E-state index in [0.717, 1.165) is 19.0 Å². The lowest BCUT2D eigenvalue weighted by Gasteiger charge is -2.37. The van der Waals surface area contributed by atoms with E-state index < -0.39 is 0 Å². The van der Waals surface area contributed by atoms with Crippen LogP contribution in [-0.4, -0.2) is 31.1 Å². The second kappa shape index (κ2) is 6.73. The van der Waals surface area contributed by atoms with Crippen molar-refractivity contribution in [2.24, 2.45) is 5.92 Å². The van der Waals surface area contributed by atoms with Gasteiger partial charge < -0.3 is 5.32 Å². The van der Waals surface area contributed by atoms with Crippen LogP contribution < -0.4 is 5.32 Å². The maximum atomic E-state index is 3.47. The number of aryl methyl sites for hydroxylation is 3. The molecule has 1 aliphatic rings. The molecule has 1 unspecified atom stereocenters. The Hall–Kier alpha value is -0.860. The van der Waals surface area contributed by atoms with Crippen LogP contribution in [0, 0.1) is 26.7 Å². The molecule has 0 aromatic heterocycles. The summed E-state index contributed by atoms with van der Waals surface area (Å²) in [5.74, 6) is 0.731. The van der Waals surface area contributed by atoms with Crippen molar-refractivity contribution in [3.8, 4) is 0 Å². The third kappa shape index (κ3) is 3.62. The Morgan fingerprint density at radius 1 is 1.05 bits per heavy atom. The fraction of sp³-hybridized carbons (Fsp3) is 0.667. The first kappa shape index (κ1) is 15.5. The highest BCUT2D eigenvalue weighted by Gasteiger charge is 2.25. The van der Waals surface area contributed by atoms with Crippen molar-refractivity contribution < 1.29 is 0 Å². The highest BCUT2D eigenvalue weighted by Crippen LogP contribution is 2.33. The van der Waals surface area contributed by atoms with Gasteiger partial charge in [-0.05, 0) is 49.8 Å². The van der Waals surface area contributed by atoms with Gasteiger partial charge in [0.25, 0.3) is 0 Å². The molecule has 0 aliphatic carbocycles. The molecule has 0 radical (unpaired) electrons. The molecule has 1 aromatic carbocycles. The molecule has 20 heavy (non-hydrogen) atoms. The van der Waals surface area contributed by atoms with Gasteiger partial charge in [-0.2, -0.15) is 0 Å². The summed E-state index contributed by atoms with van der Waals surface area (Å²) in [7, 11) is 0. The van der Waals surface area contributed by atoms with E-state index in [4.69, 9.17) is 0 Å². The Kier molecular flexibility index (Phi) is 5.22. The standard InChI is InChI=1S/C18H30N2/c1-13(2)10-17(20-8-6-19-7-9-20)18-15(4)11-14(3)12-16(18)5/h11-13,17,19H,6-10H2,1-5H3. The average molecular weight is 274 g/mol. The number of nitrogens with zero attached hydrogens (tertiary/aromatic N) is 1. The minimum absolute atomic E-state index is 0.581. The van der Waals surface area contributed by atoms with Crippen molar-refractivity contribution in [1.82, 2.24) is 10.2 Å². The highest BCUT2D eigenvalue weighted by atomic mass is 15.2. The molecule has 0 spiro atoms. The van der Waals surface area contributed by atoms with Crippen molar-refractivity contribution in [3.63, 3.8) is 0 Å². The highest BCUT2D eigenvalue weighted by molar-refractivity contribution is 5.39. The van der Waals surface area contributed by atoms with E-state index in [0.29, 0.717) is 6.04 Å². The maximum Gasteiger partial charge on any atom is 0.0356 e. The van der Waals surface area contributed by atoms with E-state index in [1.165, 1.54) is 36.2 Å². The van der Waals surface area contributed by atoms with Gasteiger partial charge in [-0.3, -0.25) is 4.90 Å². The van der Waals surface area contributed by atoms with Gasteiger partial charge in [0.15, 0.2) is 0 Å². The molecule has 0 saturated carbocycles. The molecule has 1 atom stereocenters. The number of piperazine rings is 1. The molecule has 0 amide bonds. The molecule has 112 valence electrons. The predicted octanol–water partition coefficient (Wildman–Crippen LogP) is 3.60. The molecule has 2 nitrogen and oxygen atoms in total. The van der Waals surface area contributed by atoms with Crippen molar-refractivity contribution in [1.29, 1.82) is 0 Å². The molecule has 1 aromatic rings. The Morgan fingerprint density at radius 2 is 1.60 bits per heavy atom. The summed E-state index contributed by atoms with van der Waals surface area (Å²) in [4.78, 5) is 2.68. The lowest BCUT2D eigenvalue weighted by molar-refractivity contribution is 0.153. The van der Waals surface area contributed by atoms with E-state index in [9.17, 15) is 0 Å². The van der Waals surface area contributed by atoms with Crippen LogP contribution in [0.15, 0.2) is 12.1 Å². The molecule has 1 saturated heterocycles. The molecule has 1 fully saturated rings. The van der Waals surface area contributed by atoms with Gasteiger partial charge in [0.05, 0.1) is 0 Å². The predicted molar refractivity (Wildman–Crippen MR) is 87.3 cm³/mol. The monoisotopic (exact) mass is 274 g/mol. The Labute approximate surface area is 124 Å². The summed E-state index contributed by atoms with van der Waals surface area (Å²) in [6.07, 6.45) is 1.25. The molecular formula is C18H30N2. The van der Waals surface area contributed by atoms with Crippen LogP contribution in [0.25, 0.3) is 0 Å². The van der Waals surface area contributed by atoms with E-state index in [2.05, 4.69) is 57.0 Å². The first-order valence-electron chi connectivity index (χ1n) is 8.01. The summed E-state index contributed by atoms with van der Waals surface area (Å²) < 4.78 is 0. The molecule has 2 rings (SSSR count). The summed E-state index contributed by atoms with van der Waals surface area (Å²) in [5, 5.41) is 3.47. The Morgan fingerprint density at radius 3 is 2.10 bits per heavy atom. The first-order valence-corrected chi connectivity index (χ1v) is 8.01. The van der Waals surface area contributed by atoms with Gasteiger partial charge in [-0.25, -0.2) is 0 Å².